The van der Waals surface area contributed by atoms with Crippen LogP contribution in [0.3, 0.4) is 0 Å². The number of guanidine groups is 1. The number of nitrogens with one attached hydrogen (secondary N) is 6. The van der Waals surface area contributed by atoms with Crippen LogP contribution < -0.4 is 49.1 Å². The third kappa shape index (κ3) is 13.9. The first-order chi connectivity index (χ1) is 22.2. The number of nitrogens with zero attached hydrogens (tertiary/aromatic N) is 2. The number of hydrogen-bond donors (Lipinski definition) is 9. The minimum absolute atomic E-state index is 0.0204. The Morgan fingerprint density at radius 2 is 1.40 bits per heavy atom. The monoisotopic (exact) mass is 642 g/mol. The lowest BCUT2D eigenvalue weighted by Crippen LogP contribution is -2.58. The molecule has 1 aliphatic rings. The Balaban J connectivity index is 2.88. The van der Waals surface area contributed by atoms with Gasteiger partial charge in [-0.1, -0.05) is 0 Å². The molecule has 1 aliphatic heterocycles. The highest BCUT2D eigenvalue weighted by atomic mass is 16.2. The van der Waals surface area contributed by atoms with Gasteiger partial charge in [-0.2, -0.15) is 0 Å². The number of carbonyl (C=O) groups is 8. The molecular formula is C26H45N11O8. The largest absolute Gasteiger partial charge is 0.370 e. The van der Waals surface area contributed by atoms with Crippen molar-refractivity contribution in [2.24, 2.45) is 22.2 Å². The molecule has 0 aromatic heterocycles. The van der Waals surface area contributed by atoms with E-state index < -0.39 is 97.4 Å². The van der Waals surface area contributed by atoms with Crippen LogP contribution in [0.5, 0.6) is 0 Å². The number of carbonyl (C=O) groups excluding carboxylic acids is 8. The van der Waals surface area contributed by atoms with E-state index in [-0.39, 0.29) is 38.3 Å². The van der Waals surface area contributed by atoms with Gasteiger partial charge in [-0.15, -0.1) is 0 Å². The van der Waals surface area contributed by atoms with E-state index in [1.54, 1.807) is 0 Å². The van der Waals surface area contributed by atoms with E-state index in [2.05, 4.69) is 31.6 Å². The van der Waals surface area contributed by atoms with E-state index in [1.165, 1.54) is 25.7 Å². The molecule has 0 radical (unpaired) electrons. The molecule has 19 heteroatoms. The molecule has 8 amide bonds. The lowest BCUT2D eigenvalue weighted by atomic mass is 10.1. The highest BCUT2D eigenvalue weighted by Gasteiger charge is 2.36. The van der Waals surface area contributed by atoms with Gasteiger partial charge in [-0.05, 0) is 46.5 Å². The number of nitrogens with two attached hydrogens (primary N) is 3. The van der Waals surface area contributed by atoms with Crippen molar-refractivity contribution < 1.29 is 42.5 Å². The van der Waals surface area contributed by atoms with Gasteiger partial charge in [0.15, 0.2) is 5.96 Å². The molecule has 5 atom stereocenters. The van der Waals surface area contributed by atoms with Gasteiger partial charge >= 0.3 is 0 Å². The standard InChI is InChI=1S/C26H45N11O8/c1-13(21(41)32-11-19(27)39)33-22(42)14(2)34-23(43)15(3)35-24(44)17(7-5-9-30-26(28)29)36-25(45)18-8-6-10-37(18)20(40)12-31-16(4)38/h13-15,17-18H,5-12H2,1-4H3,(H2,27,39)(H,31,38)(H,32,41)(H,33,42)(H,34,43)(H,35,44)(H,36,45)(H4,28,29,30)/t13-,14-,15-,17-,18-/m0/s1/i4D3. The molecule has 1 saturated heterocycles. The van der Waals surface area contributed by atoms with E-state index in [0.29, 0.717) is 6.42 Å². The lowest BCUT2D eigenvalue weighted by molar-refractivity contribution is -0.139. The number of amides is 8. The van der Waals surface area contributed by atoms with Crippen molar-refractivity contribution in [3.05, 3.63) is 0 Å². The molecule has 0 aromatic rings. The molecule has 12 N–H and O–H groups in total. The van der Waals surface area contributed by atoms with Crippen molar-refractivity contribution >= 4 is 53.2 Å². The Morgan fingerprint density at radius 3 is 1.96 bits per heavy atom. The van der Waals surface area contributed by atoms with Crippen LogP contribution in [0.15, 0.2) is 4.99 Å². The van der Waals surface area contributed by atoms with E-state index in [1.807, 2.05) is 5.32 Å². The number of rotatable bonds is 17. The quantitative estimate of drug-likeness (QED) is 0.0412. The van der Waals surface area contributed by atoms with Crippen molar-refractivity contribution in [1.29, 1.82) is 0 Å². The summed E-state index contributed by atoms with van der Waals surface area (Å²) < 4.78 is 21.3. The van der Waals surface area contributed by atoms with Crippen LogP contribution in [0.4, 0.5) is 0 Å². The summed E-state index contributed by atoms with van der Waals surface area (Å²) in [6, 6.07) is -5.64. The molecule has 0 bridgehead atoms. The Labute approximate surface area is 264 Å². The molecule has 0 aromatic carbocycles. The summed E-state index contributed by atoms with van der Waals surface area (Å²) in [5.74, 6) is -6.62. The minimum atomic E-state index is -2.95. The average Bonchev–Trinajstić information content (AvgIpc) is 3.49. The van der Waals surface area contributed by atoms with E-state index in [9.17, 15) is 38.4 Å². The minimum Gasteiger partial charge on any atom is -0.370 e. The van der Waals surface area contributed by atoms with Crippen molar-refractivity contribution in [3.63, 3.8) is 0 Å². The third-order valence-corrected chi connectivity index (χ3v) is 6.55. The fourth-order valence-corrected chi connectivity index (χ4v) is 4.15. The molecule has 1 rings (SSSR count). The van der Waals surface area contributed by atoms with Gasteiger partial charge in [-0.25, -0.2) is 0 Å². The second-order valence-electron chi connectivity index (χ2n) is 10.3. The van der Waals surface area contributed by atoms with E-state index in [0.717, 1.165) is 0 Å². The van der Waals surface area contributed by atoms with E-state index >= 15 is 0 Å². The van der Waals surface area contributed by atoms with Gasteiger partial charge in [0.2, 0.25) is 47.3 Å². The number of likely N-dealkylation sites (tertiary alicyclic amines) is 1. The first-order valence-electron chi connectivity index (χ1n) is 15.6. The van der Waals surface area contributed by atoms with Crippen LogP contribution in [-0.2, 0) is 38.4 Å². The van der Waals surface area contributed by atoms with Crippen LogP contribution in [0, 0.1) is 0 Å². The van der Waals surface area contributed by atoms with Crippen molar-refractivity contribution in [2.75, 3.05) is 26.2 Å². The van der Waals surface area contributed by atoms with Crippen LogP contribution in [0.2, 0.25) is 0 Å². The van der Waals surface area contributed by atoms with Crippen LogP contribution in [0.1, 0.15) is 57.4 Å². The fraction of sp³-hybridized carbons (Fsp3) is 0.654. The number of primary amides is 1. The zero-order chi connectivity index (χ0) is 36.8. The third-order valence-electron chi connectivity index (χ3n) is 6.55. The molecular weight excluding hydrogens is 594 g/mol. The predicted octanol–water partition coefficient (Wildman–Crippen LogP) is -5.23. The van der Waals surface area contributed by atoms with Gasteiger partial charge < -0.3 is 54.0 Å². The molecule has 0 aliphatic carbocycles. The summed E-state index contributed by atoms with van der Waals surface area (Å²) in [6.45, 7) is 0.267. The summed E-state index contributed by atoms with van der Waals surface area (Å²) in [5, 5.41) is 14.1. The normalized spacial score (nSPS) is 17.8. The molecule has 0 unspecified atom stereocenters. The second-order valence-corrected chi connectivity index (χ2v) is 10.3. The Kier molecular flexibility index (Phi) is 13.6. The zero-order valence-electron chi connectivity index (χ0n) is 28.4. The van der Waals surface area contributed by atoms with Crippen LogP contribution in [-0.4, -0.2) is 115 Å². The summed E-state index contributed by atoms with van der Waals surface area (Å²) in [7, 11) is 0. The Morgan fingerprint density at radius 1 is 0.822 bits per heavy atom. The Bertz CT molecular complexity index is 1260. The SMILES string of the molecule is [2H]C([2H])([2H])C(=O)NCC(=O)N1CCC[C@H]1C(=O)N[C@@H](CCCN=C(N)N)C(=O)N[C@@H](C)C(=O)N[C@@H](C)C(=O)N[C@@H](C)C(=O)NCC(N)=O. The average molecular weight is 643 g/mol. The molecule has 0 saturated carbocycles. The number of hydrogen-bond acceptors (Lipinski definition) is 9. The van der Waals surface area contributed by atoms with Crippen molar-refractivity contribution in [1.82, 2.24) is 36.8 Å². The summed E-state index contributed by atoms with van der Waals surface area (Å²) in [5.41, 5.74) is 15.7. The number of aliphatic imine (C=N–C) groups is 1. The maximum absolute atomic E-state index is 13.3. The van der Waals surface area contributed by atoms with Gasteiger partial charge in [0, 0.05) is 24.1 Å². The van der Waals surface area contributed by atoms with Crippen LogP contribution >= 0.6 is 0 Å². The van der Waals surface area contributed by atoms with Gasteiger partial charge in [-0.3, -0.25) is 43.3 Å². The highest BCUT2D eigenvalue weighted by Crippen LogP contribution is 2.18. The maximum Gasteiger partial charge on any atom is 0.243 e. The van der Waals surface area contributed by atoms with Crippen LogP contribution in [0.25, 0.3) is 0 Å². The van der Waals surface area contributed by atoms with Crippen molar-refractivity contribution in [2.45, 2.75) is 83.5 Å². The fourth-order valence-electron chi connectivity index (χ4n) is 4.15. The molecule has 1 fully saturated rings. The molecule has 1 heterocycles. The maximum atomic E-state index is 13.3. The molecule has 0 spiro atoms. The van der Waals surface area contributed by atoms with Gasteiger partial charge in [0.25, 0.3) is 0 Å². The Hall–Kier alpha value is -4.97. The summed E-state index contributed by atoms with van der Waals surface area (Å²) in [6.07, 6.45) is 0.912. The van der Waals surface area contributed by atoms with Gasteiger partial charge in [0.1, 0.15) is 30.2 Å². The lowest BCUT2D eigenvalue weighted by Gasteiger charge is -2.27. The topological polar surface area (TPSA) is 302 Å². The first-order valence-corrected chi connectivity index (χ1v) is 14.1. The van der Waals surface area contributed by atoms with Gasteiger partial charge in [0.05, 0.1) is 13.1 Å². The summed E-state index contributed by atoms with van der Waals surface area (Å²) >= 11 is 0. The van der Waals surface area contributed by atoms with E-state index in [4.69, 9.17) is 21.3 Å². The second kappa shape index (κ2) is 18.6. The molecule has 45 heavy (non-hydrogen) atoms. The smallest absolute Gasteiger partial charge is 0.243 e. The molecule has 19 nitrogen and oxygen atoms in total. The summed E-state index contributed by atoms with van der Waals surface area (Å²) in [4.78, 5) is 104. The highest BCUT2D eigenvalue weighted by molar-refractivity contribution is 5.96. The predicted molar refractivity (Wildman–Crippen MR) is 160 cm³/mol. The van der Waals surface area contributed by atoms with Crippen molar-refractivity contribution in [3.8, 4) is 0 Å². The molecule has 252 valence electrons. The zero-order valence-corrected chi connectivity index (χ0v) is 25.4. The first kappa shape index (κ1) is 32.9.